The molecular weight excluding hydrogens is 360 g/mol. The molecule has 0 fully saturated rings. The Morgan fingerprint density at radius 1 is 1.16 bits per heavy atom. The van der Waals surface area contributed by atoms with Crippen molar-refractivity contribution in [3.05, 3.63) is 58.6 Å². The lowest BCUT2D eigenvalue weighted by Crippen LogP contribution is -2.31. The van der Waals surface area contributed by atoms with Crippen LogP contribution in [0.5, 0.6) is 5.75 Å². The highest BCUT2D eigenvalue weighted by Gasteiger charge is 2.12. The van der Waals surface area contributed by atoms with Crippen LogP contribution in [-0.4, -0.2) is 25.3 Å². The molecule has 0 bridgehead atoms. The van der Waals surface area contributed by atoms with E-state index in [1.807, 2.05) is 31.2 Å². The molecule has 132 valence electrons. The van der Waals surface area contributed by atoms with Crippen LogP contribution in [0, 0.1) is 0 Å². The first-order chi connectivity index (χ1) is 11.9. The second-order valence-electron chi connectivity index (χ2n) is 5.28. The van der Waals surface area contributed by atoms with Gasteiger partial charge in [0.2, 0.25) is 0 Å². The Kier molecular flexibility index (Phi) is 6.61. The molecule has 0 aliphatic carbocycles. The van der Waals surface area contributed by atoms with Crippen LogP contribution in [0.1, 0.15) is 28.9 Å². The fraction of sp³-hybridized carbons (Fsp3) is 0.222. The lowest BCUT2D eigenvalue weighted by Gasteiger charge is -2.18. The average Bonchev–Trinajstić information content (AvgIpc) is 2.62. The second-order valence-corrected chi connectivity index (χ2v) is 6.09. The van der Waals surface area contributed by atoms with Crippen LogP contribution in [0.2, 0.25) is 5.02 Å². The predicted octanol–water partition coefficient (Wildman–Crippen LogP) is 4.18. The Morgan fingerprint density at radius 2 is 1.84 bits per heavy atom. The number of benzene rings is 2. The van der Waals surface area contributed by atoms with E-state index in [1.165, 1.54) is 7.11 Å². The number of halogens is 1. The van der Waals surface area contributed by atoms with Crippen LogP contribution in [0.3, 0.4) is 0 Å². The van der Waals surface area contributed by atoms with Crippen molar-refractivity contribution in [2.75, 3.05) is 19.5 Å². The van der Waals surface area contributed by atoms with Gasteiger partial charge in [-0.15, -0.1) is 0 Å². The van der Waals surface area contributed by atoms with Crippen molar-refractivity contribution in [3.63, 3.8) is 0 Å². The third-order valence-corrected chi connectivity index (χ3v) is 4.15. The summed E-state index contributed by atoms with van der Waals surface area (Å²) in [6.45, 7) is 1.99. The predicted molar refractivity (Wildman–Crippen MR) is 104 cm³/mol. The molecule has 0 saturated heterocycles. The molecule has 2 aromatic rings. The number of carbonyl (C=O) groups excluding carboxylic acids is 1. The van der Waals surface area contributed by atoms with Crippen LogP contribution in [0.4, 0.5) is 5.69 Å². The third kappa shape index (κ3) is 5.08. The van der Waals surface area contributed by atoms with E-state index in [-0.39, 0.29) is 6.04 Å². The van der Waals surface area contributed by atoms with E-state index in [4.69, 9.17) is 33.3 Å². The quantitative estimate of drug-likeness (QED) is 0.601. The maximum absolute atomic E-state index is 11.6. The zero-order valence-electron chi connectivity index (χ0n) is 14.1. The Balaban J connectivity index is 2.05. The molecule has 0 saturated carbocycles. The van der Waals surface area contributed by atoms with Gasteiger partial charge in [0.25, 0.3) is 0 Å². The van der Waals surface area contributed by atoms with Crippen molar-refractivity contribution in [1.82, 2.24) is 5.32 Å². The van der Waals surface area contributed by atoms with Gasteiger partial charge in [-0.05, 0) is 55.0 Å². The Morgan fingerprint density at radius 3 is 2.44 bits per heavy atom. The minimum atomic E-state index is -0.440. The smallest absolute Gasteiger partial charge is 0.337 e. The van der Waals surface area contributed by atoms with Gasteiger partial charge in [-0.3, -0.25) is 0 Å². The molecule has 5 nitrogen and oxygen atoms in total. The normalized spacial score (nSPS) is 11.4. The zero-order valence-corrected chi connectivity index (χ0v) is 15.7. The van der Waals surface area contributed by atoms with Gasteiger partial charge < -0.3 is 20.1 Å². The van der Waals surface area contributed by atoms with Crippen LogP contribution < -0.4 is 15.4 Å². The van der Waals surface area contributed by atoms with Gasteiger partial charge in [-0.25, -0.2) is 4.79 Å². The summed E-state index contributed by atoms with van der Waals surface area (Å²) in [4.78, 5) is 11.6. The van der Waals surface area contributed by atoms with Crippen molar-refractivity contribution in [3.8, 4) is 5.75 Å². The number of hydrogen-bond donors (Lipinski definition) is 2. The second kappa shape index (κ2) is 8.69. The lowest BCUT2D eigenvalue weighted by atomic mass is 10.1. The SMILES string of the molecule is COC(=O)c1ccc(Cl)c(NC(=S)NC(C)c2ccc(OC)cc2)c1. The zero-order chi connectivity index (χ0) is 18.4. The monoisotopic (exact) mass is 378 g/mol. The summed E-state index contributed by atoms with van der Waals surface area (Å²) in [6, 6.07) is 12.5. The van der Waals surface area contributed by atoms with Crippen LogP contribution in [0.15, 0.2) is 42.5 Å². The molecule has 2 rings (SSSR count). The number of esters is 1. The molecule has 25 heavy (non-hydrogen) atoms. The highest BCUT2D eigenvalue weighted by atomic mass is 35.5. The molecule has 1 atom stereocenters. The highest BCUT2D eigenvalue weighted by Crippen LogP contribution is 2.24. The Labute approximate surface area is 157 Å². The Hall–Kier alpha value is -2.31. The van der Waals surface area contributed by atoms with Crippen LogP contribution >= 0.6 is 23.8 Å². The molecule has 0 heterocycles. The minimum absolute atomic E-state index is 0.0199. The van der Waals surface area contributed by atoms with Crippen molar-refractivity contribution >= 4 is 40.6 Å². The standard InChI is InChI=1S/C18H19ClN2O3S/c1-11(12-4-7-14(23-2)8-5-12)20-18(25)21-16-10-13(17(22)24-3)6-9-15(16)19/h4-11H,1-3H3,(H2,20,21,25). The number of nitrogens with one attached hydrogen (secondary N) is 2. The first kappa shape index (κ1) is 19.0. The molecule has 1 unspecified atom stereocenters. The summed E-state index contributed by atoms with van der Waals surface area (Å²) in [6.07, 6.45) is 0. The molecule has 0 radical (unpaired) electrons. The summed E-state index contributed by atoms with van der Waals surface area (Å²) >= 11 is 11.5. The van der Waals surface area contributed by atoms with Gasteiger partial charge in [0.15, 0.2) is 5.11 Å². The largest absolute Gasteiger partial charge is 0.497 e. The summed E-state index contributed by atoms with van der Waals surface area (Å²) < 4.78 is 9.86. The van der Waals surface area contributed by atoms with Crippen LogP contribution in [0.25, 0.3) is 0 Å². The lowest BCUT2D eigenvalue weighted by molar-refractivity contribution is 0.0601. The van der Waals surface area contributed by atoms with E-state index < -0.39 is 5.97 Å². The number of ether oxygens (including phenoxy) is 2. The van der Waals surface area contributed by atoms with E-state index in [1.54, 1.807) is 25.3 Å². The first-order valence-electron chi connectivity index (χ1n) is 7.54. The van der Waals surface area contributed by atoms with Gasteiger partial charge in [-0.1, -0.05) is 23.7 Å². The first-order valence-corrected chi connectivity index (χ1v) is 8.32. The van der Waals surface area contributed by atoms with Gasteiger partial charge in [0, 0.05) is 0 Å². The summed E-state index contributed by atoms with van der Waals surface area (Å²) in [7, 11) is 2.95. The van der Waals surface area contributed by atoms with Gasteiger partial charge in [0.1, 0.15) is 5.75 Å². The molecule has 0 aliphatic rings. The van der Waals surface area contributed by atoms with Crippen molar-refractivity contribution in [2.24, 2.45) is 0 Å². The van der Waals surface area contributed by atoms with Crippen molar-refractivity contribution in [2.45, 2.75) is 13.0 Å². The molecule has 0 amide bonds. The fourth-order valence-corrected chi connectivity index (χ4v) is 2.65. The van der Waals surface area contributed by atoms with Gasteiger partial charge in [-0.2, -0.15) is 0 Å². The minimum Gasteiger partial charge on any atom is -0.497 e. The van der Waals surface area contributed by atoms with E-state index >= 15 is 0 Å². The molecule has 0 aliphatic heterocycles. The maximum atomic E-state index is 11.6. The number of hydrogen-bond acceptors (Lipinski definition) is 4. The number of methoxy groups -OCH3 is 2. The molecule has 0 aromatic heterocycles. The maximum Gasteiger partial charge on any atom is 0.337 e. The van der Waals surface area contributed by atoms with E-state index in [2.05, 4.69) is 10.6 Å². The summed E-state index contributed by atoms with van der Waals surface area (Å²) in [5.74, 6) is 0.355. The van der Waals surface area contributed by atoms with Crippen molar-refractivity contribution < 1.29 is 14.3 Å². The molecule has 2 aromatic carbocycles. The van der Waals surface area contributed by atoms with E-state index in [9.17, 15) is 4.79 Å². The van der Waals surface area contributed by atoms with E-state index in [0.29, 0.717) is 21.4 Å². The highest BCUT2D eigenvalue weighted by molar-refractivity contribution is 7.80. The summed E-state index contributed by atoms with van der Waals surface area (Å²) in [5, 5.41) is 7.03. The van der Waals surface area contributed by atoms with Gasteiger partial charge in [0.05, 0.1) is 36.5 Å². The fourth-order valence-electron chi connectivity index (χ4n) is 2.20. The molecule has 7 heteroatoms. The average molecular weight is 379 g/mol. The molecular formula is C18H19ClN2O3S. The Bertz CT molecular complexity index is 765. The molecule has 0 spiro atoms. The summed E-state index contributed by atoms with van der Waals surface area (Å²) in [5.41, 5.74) is 1.98. The van der Waals surface area contributed by atoms with Crippen LogP contribution in [-0.2, 0) is 4.74 Å². The number of anilines is 1. The number of rotatable bonds is 5. The number of thiocarbonyl (C=S) groups is 1. The van der Waals surface area contributed by atoms with Crippen molar-refractivity contribution in [1.29, 1.82) is 0 Å². The number of carbonyl (C=O) groups is 1. The van der Waals surface area contributed by atoms with E-state index in [0.717, 1.165) is 11.3 Å². The topological polar surface area (TPSA) is 59.6 Å². The third-order valence-electron chi connectivity index (χ3n) is 3.60. The van der Waals surface area contributed by atoms with Gasteiger partial charge >= 0.3 is 5.97 Å². The molecule has 2 N–H and O–H groups in total.